The molecular weight excluding hydrogens is 571 g/mol. The molecule has 2 amide bonds. The van der Waals surface area contributed by atoms with Crippen molar-refractivity contribution in [2.75, 3.05) is 10.6 Å². The number of halogens is 9. The topological polar surface area (TPSA) is 71.1 Å². The fourth-order valence-corrected chi connectivity index (χ4v) is 4.70. The van der Waals surface area contributed by atoms with Gasteiger partial charge in [0, 0.05) is 11.6 Å². The van der Waals surface area contributed by atoms with Crippen LogP contribution in [0.25, 0.3) is 0 Å². The first kappa shape index (κ1) is 27.0. The summed E-state index contributed by atoms with van der Waals surface area (Å²) in [5.74, 6) is -8.02. The van der Waals surface area contributed by atoms with Crippen LogP contribution in [0.2, 0.25) is 5.02 Å². The molecule has 2 atom stereocenters. The molecule has 1 aliphatic carbocycles. The third-order valence-electron chi connectivity index (χ3n) is 5.53. The first-order chi connectivity index (χ1) is 17.2. The molecule has 3 aromatic rings. The highest BCUT2D eigenvalue weighted by Gasteiger charge is 2.67. The van der Waals surface area contributed by atoms with Crippen molar-refractivity contribution in [3.05, 3.63) is 88.0 Å². The molecule has 1 aromatic heterocycles. The van der Waals surface area contributed by atoms with E-state index in [1.807, 2.05) is 0 Å². The largest absolute Gasteiger partial charge is 0.419 e. The molecule has 1 unspecified atom stereocenters. The Morgan fingerprint density at radius 2 is 1.65 bits per heavy atom. The zero-order chi connectivity index (χ0) is 27.3. The number of carbonyl (C=O) groups is 2. The SMILES string of the molecule is O=C(Nc1cc(NC(=O)[C@@H]2C(c3ccc(F)c(C(F)(F)F)c3)C2(Cl)Cl)ccc1Cl)c1ccc(F)nc1F. The fraction of sp³-hybridized carbons (Fsp3) is 0.174. The summed E-state index contributed by atoms with van der Waals surface area (Å²) in [5, 5.41) is 4.77. The van der Waals surface area contributed by atoms with Gasteiger partial charge in [0.25, 0.3) is 5.91 Å². The van der Waals surface area contributed by atoms with Crippen molar-refractivity contribution in [3.8, 4) is 0 Å². The van der Waals surface area contributed by atoms with E-state index in [-0.39, 0.29) is 22.0 Å². The average Bonchev–Trinajstić information content (AvgIpc) is 3.37. The normalized spacial score (nSPS) is 18.3. The van der Waals surface area contributed by atoms with Gasteiger partial charge in [-0.15, -0.1) is 23.2 Å². The molecule has 2 N–H and O–H groups in total. The first-order valence-electron chi connectivity index (χ1n) is 10.2. The quantitative estimate of drug-likeness (QED) is 0.194. The number of rotatable bonds is 5. The van der Waals surface area contributed by atoms with Gasteiger partial charge >= 0.3 is 6.18 Å². The van der Waals surface area contributed by atoms with Gasteiger partial charge in [0.2, 0.25) is 17.8 Å². The lowest BCUT2D eigenvalue weighted by atomic mass is 10.0. The van der Waals surface area contributed by atoms with Crippen LogP contribution in [0.5, 0.6) is 0 Å². The van der Waals surface area contributed by atoms with Crippen molar-refractivity contribution in [1.29, 1.82) is 0 Å². The Kier molecular flexibility index (Phi) is 7.08. The van der Waals surface area contributed by atoms with E-state index in [9.17, 15) is 35.9 Å². The van der Waals surface area contributed by atoms with Crippen LogP contribution in [-0.4, -0.2) is 21.1 Å². The van der Waals surface area contributed by atoms with Gasteiger partial charge in [0.15, 0.2) is 0 Å². The van der Waals surface area contributed by atoms with Crippen molar-refractivity contribution < 1.29 is 35.9 Å². The molecule has 37 heavy (non-hydrogen) atoms. The lowest BCUT2D eigenvalue weighted by Gasteiger charge is -2.11. The molecule has 5 nitrogen and oxygen atoms in total. The molecular formula is C23H12Cl3F6N3O2. The number of anilines is 2. The van der Waals surface area contributed by atoms with Gasteiger partial charge in [-0.3, -0.25) is 9.59 Å². The highest BCUT2D eigenvalue weighted by molar-refractivity contribution is 6.53. The van der Waals surface area contributed by atoms with Gasteiger partial charge in [-0.05, 0) is 48.0 Å². The van der Waals surface area contributed by atoms with Crippen molar-refractivity contribution in [2.24, 2.45) is 5.92 Å². The minimum atomic E-state index is -4.97. The maximum absolute atomic E-state index is 13.8. The maximum atomic E-state index is 13.8. The van der Waals surface area contributed by atoms with Crippen LogP contribution in [0, 0.1) is 23.6 Å². The Bertz CT molecular complexity index is 1420. The summed E-state index contributed by atoms with van der Waals surface area (Å²) in [7, 11) is 0. The van der Waals surface area contributed by atoms with E-state index in [1.165, 1.54) is 18.2 Å². The monoisotopic (exact) mass is 581 g/mol. The summed E-state index contributed by atoms with van der Waals surface area (Å²) in [4.78, 5) is 28.1. The predicted molar refractivity (Wildman–Crippen MR) is 124 cm³/mol. The second-order valence-corrected chi connectivity index (χ2v) is 9.83. The molecule has 0 bridgehead atoms. The third kappa shape index (κ3) is 5.48. The van der Waals surface area contributed by atoms with Crippen LogP contribution in [0.4, 0.5) is 37.7 Å². The minimum Gasteiger partial charge on any atom is -0.326 e. The standard InChI is InChI=1S/C23H12Cl3F6N3O2/c24-13-4-2-10(8-15(13)34-20(36)11-3-6-16(28)35-19(11)29)33-21(37)18-17(22(18,25)26)9-1-5-14(27)12(7-9)23(30,31)32/h1-8,17-18H,(H,33,37)(H,34,36)/t17?,18-/m0/s1. The summed E-state index contributed by atoms with van der Waals surface area (Å²) >= 11 is 18.4. The lowest BCUT2D eigenvalue weighted by molar-refractivity contribution is -0.140. The maximum Gasteiger partial charge on any atom is 0.419 e. The van der Waals surface area contributed by atoms with Crippen molar-refractivity contribution in [2.45, 2.75) is 16.4 Å². The zero-order valence-corrected chi connectivity index (χ0v) is 20.2. The van der Waals surface area contributed by atoms with E-state index in [1.54, 1.807) is 0 Å². The summed E-state index contributed by atoms with van der Waals surface area (Å²) in [6.45, 7) is 0. The van der Waals surface area contributed by atoms with E-state index in [2.05, 4.69) is 15.6 Å². The van der Waals surface area contributed by atoms with Crippen LogP contribution in [0.15, 0.2) is 48.5 Å². The van der Waals surface area contributed by atoms with E-state index in [4.69, 9.17) is 34.8 Å². The highest BCUT2D eigenvalue weighted by Crippen LogP contribution is 2.65. The zero-order valence-electron chi connectivity index (χ0n) is 17.9. The molecule has 1 heterocycles. The van der Waals surface area contributed by atoms with E-state index in [0.29, 0.717) is 12.1 Å². The summed E-state index contributed by atoms with van der Waals surface area (Å²) in [6, 6.07) is 7.73. The van der Waals surface area contributed by atoms with Crippen molar-refractivity contribution in [3.63, 3.8) is 0 Å². The minimum absolute atomic E-state index is 0.00107. The number of amides is 2. The van der Waals surface area contributed by atoms with Crippen molar-refractivity contribution in [1.82, 2.24) is 4.98 Å². The molecule has 1 saturated carbocycles. The average molecular weight is 583 g/mol. The number of alkyl halides is 5. The Balaban J connectivity index is 1.52. The molecule has 0 aliphatic heterocycles. The van der Waals surface area contributed by atoms with Gasteiger partial charge in [0.05, 0.1) is 27.8 Å². The molecule has 194 valence electrons. The smallest absolute Gasteiger partial charge is 0.326 e. The van der Waals surface area contributed by atoms with Crippen molar-refractivity contribution >= 4 is 58.0 Å². The van der Waals surface area contributed by atoms with E-state index < -0.39 is 63.0 Å². The van der Waals surface area contributed by atoms with Crippen LogP contribution >= 0.6 is 34.8 Å². The molecule has 0 radical (unpaired) electrons. The fourth-order valence-electron chi connectivity index (χ4n) is 3.71. The van der Waals surface area contributed by atoms with Crippen LogP contribution in [-0.2, 0) is 11.0 Å². The number of nitrogens with zero attached hydrogens (tertiary/aromatic N) is 1. The highest BCUT2D eigenvalue weighted by atomic mass is 35.5. The van der Waals surface area contributed by atoms with Crippen LogP contribution in [0.3, 0.4) is 0 Å². The summed E-state index contributed by atoms with van der Waals surface area (Å²) in [5.41, 5.74) is -2.16. The molecule has 1 fully saturated rings. The van der Waals surface area contributed by atoms with Gasteiger partial charge in [-0.2, -0.15) is 26.9 Å². The Morgan fingerprint density at radius 1 is 0.946 bits per heavy atom. The van der Waals surface area contributed by atoms with Gasteiger partial charge in [-0.25, -0.2) is 4.39 Å². The Hall–Kier alpha value is -3.02. The predicted octanol–water partition coefficient (Wildman–Crippen LogP) is 6.95. The molecule has 14 heteroatoms. The van der Waals surface area contributed by atoms with Gasteiger partial charge in [-0.1, -0.05) is 17.7 Å². The van der Waals surface area contributed by atoms with Gasteiger partial charge in [0.1, 0.15) is 10.2 Å². The number of pyridine rings is 1. The number of aromatic nitrogens is 1. The number of hydrogen-bond acceptors (Lipinski definition) is 3. The number of benzene rings is 2. The van der Waals surface area contributed by atoms with E-state index in [0.717, 1.165) is 18.2 Å². The summed E-state index contributed by atoms with van der Waals surface area (Å²) in [6.07, 6.45) is -4.97. The van der Waals surface area contributed by atoms with E-state index >= 15 is 0 Å². The molecule has 0 spiro atoms. The Morgan fingerprint density at radius 3 is 2.30 bits per heavy atom. The number of hydrogen-bond donors (Lipinski definition) is 2. The van der Waals surface area contributed by atoms with Crippen LogP contribution in [0.1, 0.15) is 27.4 Å². The van der Waals surface area contributed by atoms with Gasteiger partial charge < -0.3 is 10.6 Å². The first-order valence-corrected chi connectivity index (χ1v) is 11.3. The molecule has 1 aliphatic rings. The Labute approximate surface area is 219 Å². The number of nitrogens with one attached hydrogen (secondary N) is 2. The second kappa shape index (κ2) is 9.70. The lowest BCUT2D eigenvalue weighted by Crippen LogP contribution is -2.18. The van der Waals surface area contributed by atoms with Crippen LogP contribution < -0.4 is 10.6 Å². The molecule has 2 aromatic carbocycles. The summed E-state index contributed by atoms with van der Waals surface area (Å²) < 4.78 is 77.9. The number of carbonyl (C=O) groups excluding carboxylic acids is 2. The molecule has 0 saturated heterocycles. The molecule has 4 rings (SSSR count). The third-order valence-corrected chi connectivity index (χ3v) is 6.80. The second-order valence-electron chi connectivity index (χ2n) is 7.98.